The Kier molecular flexibility index (Phi) is 7.90. The van der Waals surface area contributed by atoms with Gasteiger partial charge in [-0.15, -0.1) is 16.9 Å². The summed E-state index contributed by atoms with van der Waals surface area (Å²) in [6.07, 6.45) is 8.29. The summed E-state index contributed by atoms with van der Waals surface area (Å²) < 4.78 is 10.8. The van der Waals surface area contributed by atoms with Gasteiger partial charge in [0.05, 0.1) is 11.7 Å². The highest BCUT2D eigenvalue weighted by molar-refractivity contribution is 7.99. The molecule has 0 fully saturated rings. The Bertz CT molecular complexity index is 712. The van der Waals surface area contributed by atoms with Crippen molar-refractivity contribution in [1.29, 1.82) is 0 Å². The smallest absolute Gasteiger partial charge is 0.209 e. The maximum atomic E-state index is 4.54. The lowest BCUT2D eigenvalue weighted by molar-refractivity contribution is 0.624. The van der Waals surface area contributed by atoms with Gasteiger partial charge in [0.1, 0.15) is 10.7 Å². The largest absolute Gasteiger partial charge is 0.310 e. The summed E-state index contributed by atoms with van der Waals surface area (Å²) in [5.74, 6) is 2.18. The lowest BCUT2D eigenvalue weighted by Gasteiger charge is -2.21. The first kappa shape index (κ1) is 19.8. The van der Waals surface area contributed by atoms with Crippen LogP contribution in [0.25, 0.3) is 5.57 Å². The maximum Gasteiger partial charge on any atom is 0.209 e. The van der Waals surface area contributed by atoms with Crippen LogP contribution in [0.4, 0.5) is 0 Å². The third-order valence-electron chi connectivity index (χ3n) is 4.25. The summed E-state index contributed by atoms with van der Waals surface area (Å²) >= 11 is 4.90. The van der Waals surface area contributed by atoms with Crippen LogP contribution < -0.4 is 5.32 Å². The molecule has 2 aromatic rings. The van der Waals surface area contributed by atoms with Crippen LogP contribution in [0.2, 0.25) is 0 Å². The fourth-order valence-electron chi connectivity index (χ4n) is 2.80. The zero-order valence-electron chi connectivity index (χ0n) is 15.2. The van der Waals surface area contributed by atoms with Crippen LogP contribution in [0, 0.1) is 0 Å². The Morgan fingerprint density at radius 2 is 2.00 bits per heavy atom. The lowest BCUT2D eigenvalue weighted by atomic mass is 10.0. The standard InChI is InChI=1S/C16H25N7S3/c1-12-13(8-7-9-17-12)14-15(20-26-19-14)24-10-5-3-4-6-11-25-16-18-21-22-23(16)2/h8,12,17H,3-7,9-11H2,1-2H3. The summed E-state index contributed by atoms with van der Waals surface area (Å²) in [6.45, 7) is 3.25. The number of aromatic nitrogens is 6. The van der Waals surface area contributed by atoms with Gasteiger partial charge in [0.25, 0.3) is 0 Å². The molecule has 0 radical (unpaired) electrons. The number of aryl methyl sites for hydroxylation is 1. The van der Waals surface area contributed by atoms with Crippen molar-refractivity contribution in [2.45, 2.75) is 55.3 Å². The summed E-state index contributed by atoms with van der Waals surface area (Å²) in [5, 5.41) is 17.0. The molecule has 1 unspecified atom stereocenters. The molecule has 1 atom stereocenters. The third-order valence-corrected chi connectivity index (χ3v) is 7.04. The van der Waals surface area contributed by atoms with Crippen molar-refractivity contribution in [3.63, 3.8) is 0 Å². The second-order valence-corrected chi connectivity index (χ2v) is 8.91. The lowest BCUT2D eigenvalue weighted by Crippen LogP contribution is -2.31. The molecule has 7 nitrogen and oxygen atoms in total. The number of unbranched alkanes of at least 4 members (excludes halogenated alkanes) is 3. The zero-order valence-corrected chi connectivity index (χ0v) is 17.7. The summed E-state index contributed by atoms with van der Waals surface area (Å²) in [6, 6.07) is 0.369. The molecule has 3 rings (SSSR count). The first-order valence-electron chi connectivity index (χ1n) is 9.00. The van der Waals surface area contributed by atoms with Gasteiger partial charge in [-0.25, -0.2) is 4.68 Å². The topological polar surface area (TPSA) is 81.4 Å². The van der Waals surface area contributed by atoms with Crippen LogP contribution in [-0.4, -0.2) is 53.0 Å². The first-order chi connectivity index (χ1) is 12.8. The second-order valence-electron chi connectivity index (χ2n) is 6.24. The Morgan fingerprint density at radius 1 is 1.19 bits per heavy atom. The van der Waals surface area contributed by atoms with E-state index in [0.29, 0.717) is 6.04 Å². The van der Waals surface area contributed by atoms with Gasteiger partial charge in [-0.1, -0.05) is 30.7 Å². The third kappa shape index (κ3) is 5.51. The highest BCUT2D eigenvalue weighted by Crippen LogP contribution is 2.30. The van der Waals surface area contributed by atoms with Crippen molar-refractivity contribution in [2.24, 2.45) is 7.05 Å². The molecule has 0 bridgehead atoms. The number of hydrogen-bond donors (Lipinski definition) is 1. The predicted molar refractivity (Wildman–Crippen MR) is 109 cm³/mol. The molecule has 0 aliphatic carbocycles. The van der Waals surface area contributed by atoms with Gasteiger partial charge in [0.2, 0.25) is 5.16 Å². The number of nitrogens with one attached hydrogen (secondary N) is 1. The van der Waals surface area contributed by atoms with Gasteiger partial charge in [0.15, 0.2) is 0 Å². The van der Waals surface area contributed by atoms with Gasteiger partial charge in [-0.3, -0.25) is 0 Å². The first-order valence-corrected chi connectivity index (χ1v) is 11.7. The summed E-state index contributed by atoms with van der Waals surface area (Å²) in [4.78, 5) is 0. The fourth-order valence-corrected chi connectivity index (χ4v) is 5.34. The molecule has 1 aliphatic rings. The van der Waals surface area contributed by atoms with Crippen molar-refractivity contribution in [3.8, 4) is 0 Å². The molecule has 1 aliphatic heterocycles. The molecule has 1 N–H and O–H groups in total. The van der Waals surface area contributed by atoms with Crippen LogP contribution in [0.5, 0.6) is 0 Å². The van der Waals surface area contributed by atoms with E-state index in [4.69, 9.17) is 0 Å². The van der Waals surface area contributed by atoms with Gasteiger partial charge >= 0.3 is 0 Å². The predicted octanol–water partition coefficient (Wildman–Crippen LogP) is 3.27. The Balaban J connectivity index is 1.31. The van der Waals surface area contributed by atoms with Crippen LogP contribution in [-0.2, 0) is 7.05 Å². The molecule has 10 heteroatoms. The van der Waals surface area contributed by atoms with E-state index >= 15 is 0 Å². The SMILES string of the molecule is CC1NCCC=C1c1nsnc1SCCCCCCSc1nnnn1C. The van der Waals surface area contributed by atoms with E-state index in [9.17, 15) is 0 Å². The number of hydrogen-bond acceptors (Lipinski definition) is 9. The fraction of sp³-hybridized carbons (Fsp3) is 0.688. The highest BCUT2D eigenvalue weighted by Gasteiger charge is 2.20. The Hall–Kier alpha value is -0.970. The molecular weight excluding hydrogens is 386 g/mol. The molecule has 142 valence electrons. The zero-order chi connectivity index (χ0) is 18.2. The molecule has 26 heavy (non-hydrogen) atoms. The summed E-state index contributed by atoms with van der Waals surface area (Å²) in [5.41, 5.74) is 2.40. The molecular formula is C16H25N7S3. The molecule has 3 heterocycles. The molecule has 2 aromatic heterocycles. The van der Waals surface area contributed by atoms with Crippen molar-refractivity contribution in [2.75, 3.05) is 18.1 Å². The van der Waals surface area contributed by atoms with E-state index in [2.05, 4.69) is 42.6 Å². The van der Waals surface area contributed by atoms with Crippen LogP contribution >= 0.6 is 35.3 Å². The van der Waals surface area contributed by atoms with E-state index in [1.165, 1.54) is 43.0 Å². The Labute approximate surface area is 167 Å². The van der Waals surface area contributed by atoms with E-state index < -0.39 is 0 Å². The van der Waals surface area contributed by atoms with Crippen LogP contribution in [0.15, 0.2) is 16.3 Å². The van der Waals surface area contributed by atoms with E-state index in [1.54, 1.807) is 16.4 Å². The highest BCUT2D eigenvalue weighted by atomic mass is 32.2. The van der Waals surface area contributed by atoms with Crippen molar-refractivity contribution < 1.29 is 0 Å². The van der Waals surface area contributed by atoms with Gasteiger partial charge < -0.3 is 5.32 Å². The normalized spacial score (nSPS) is 17.5. The average Bonchev–Trinajstić information content (AvgIpc) is 3.27. The minimum Gasteiger partial charge on any atom is -0.310 e. The maximum absolute atomic E-state index is 4.54. The molecule has 0 amide bonds. The number of tetrazole rings is 1. The number of rotatable bonds is 10. The van der Waals surface area contributed by atoms with Gasteiger partial charge in [-0.2, -0.15) is 8.75 Å². The molecule has 0 aromatic carbocycles. The van der Waals surface area contributed by atoms with Crippen LogP contribution in [0.3, 0.4) is 0 Å². The number of nitrogens with zero attached hydrogens (tertiary/aromatic N) is 6. The van der Waals surface area contributed by atoms with Crippen molar-refractivity contribution in [3.05, 3.63) is 11.8 Å². The van der Waals surface area contributed by atoms with E-state index in [0.717, 1.165) is 40.3 Å². The van der Waals surface area contributed by atoms with E-state index in [-0.39, 0.29) is 0 Å². The quantitative estimate of drug-likeness (QED) is 0.471. The number of thioether (sulfide) groups is 2. The van der Waals surface area contributed by atoms with Gasteiger partial charge in [-0.05, 0) is 54.5 Å². The van der Waals surface area contributed by atoms with Crippen LogP contribution in [0.1, 0.15) is 44.7 Å². The van der Waals surface area contributed by atoms with Crippen molar-refractivity contribution >= 4 is 40.8 Å². The molecule has 0 saturated heterocycles. The van der Waals surface area contributed by atoms with Crippen molar-refractivity contribution in [1.82, 2.24) is 34.3 Å². The average molecular weight is 412 g/mol. The summed E-state index contributed by atoms with van der Waals surface area (Å²) in [7, 11) is 1.88. The molecule has 0 spiro atoms. The molecule has 0 saturated carbocycles. The minimum atomic E-state index is 0.369. The Morgan fingerprint density at radius 3 is 2.73 bits per heavy atom. The van der Waals surface area contributed by atoms with E-state index in [1.807, 2.05) is 18.8 Å². The minimum absolute atomic E-state index is 0.369. The van der Waals surface area contributed by atoms with Gasteiger partial charge in [0, 0.05) is 18.8 Å². The second kappa shape index (κ2) is 10.4. The monoisotopic (exact) mass is 411 g/mol.